The molecule has 0 bridgehead atoms. The van der Waals surface area contributed by atoms with Crippen LogP contribution >= 0.6 is 0 Å². The molecule has 2 unspecified atom stereocenters. The Bertz CT molecular complexity index is 536. The second-order valence-electron chi connectivity index (χ2n) is 6.41. The Hall–Kier alpha value is -1.78. The highest BCUT2D eigenvalue weighted by atomic mass is 16.3. The molecule has 2 heterocycles. The molecular weight excluding hydrogens is 268 g/mol. The van der Waals surface area contributed by atoms with Crippen molar-refractivity contribution in [2.45, 2.75) is 51.1 Å². The molecule has 114 valence electrons. The largest absolute Gasteiger partial charge is 0.469 e. The molecule has 1 N–H and O–H groups in total. The van der Waals surface area contributed by atoms with Gasteiger partial charge >= 0.3 is 0 Å². The molecule has 0 aromatic carbocycles. The zero-order valence-electron chi connectivity index (χ0n) is 12.6. The van der Waals surface area contributed by atoms with Crippen molar-refractivity contribution in [3.8, 4) is 0 Å². The lowest BCUT2D eigenvalue weighted by Crippen LogP contribution is -2.58. The van der Waals surface area contributed by atoms with Crippen molar-refractivity contribution in [2.24, 2.45) is 5.92 Å². The maximum absolute atomic E-state index is 12.9. The minimum Gasteiger partial charge on any atom is -0.469 e. The Morgan fingerprint density at radius 2 is 2.24 bits per heavy atom. The van der Waals surface area contributed by atoms with Crippen molar-refractivity contribution >= 4 is 11.8 Å². The van der Waals surface area contributed by atoms with Gasteiger partial charge in [0, 0.05) is 25.4 Å². The van der Waals surface area contributed by atoms with Gasteiger partial charge in [0.05, 0.1) is 6.26 Å². The summed E-state index contributed by atoms with van der Waals surface area (Å²) < 4.78 is 5.37. The van der Waals surface area contributed by atoms with Crippen LogP contribution in [-0.2, 0) is 16.0 Å². The van der Waals surface area contributed by atoms with Crippen molar-refractivity contribution in [1.29, 1.82) is 0 Å². The standard InChI is InChI=1S/C16H22N2O3/c1-11(10-13-4-3-9-21-13)18-8-7-14(19)17-16(2,15(18)20)12-5-6-12/h3-4,9,11-12H,5-8,10H2,1-2H3,(H,17,19). The summed E-state index contributed by atoms with van der Waals surface area (Å²) >= 11 is 0. The van der Waals surface area contributed by atoms with Crippen LogP contribution in [0.2, 0.25) is 0 Å². The smallest absolute Gasteiger partial charge is 0.248 e. The summed E-state index contributed by atoms with van der Waals surface area (Å²) in [5.74, 6) is 1.18. The fourth-order valence-electron chi connectivity index (χ4n) is 3.22. The molecule has 2 atom stereocenters. The van der Waals surface area contributed by atoms with Gasteiger partial charge in [-0.15, -0.1) is 0 Å². The number of amides is 2. The number of nitrogens with one attached hydrogen (secondary N) is 1. The van der Waals surface area contributed by atoms with Gasteiger partial charge in [0.2, 0.25) is 11.8 Å². The summed E-state index contributed by atoms with van der Waals surface area (Å²) in [6.45, 7) is 4.38. The van der Waals surface area contributed by atoms with E-state index in [1.807, 2.05) is 30.9 Å². The van der Waals surface area contributed by atoms with Crippen LogP contribution in [0.4, 0.5) is 0 Å². The normalized spacial score (nSPS) is 28.2. The number of hydrogen-bond acceptors (Lipinski definition) is 3. The highest BCUT2D eigenvalue weighted by molar-refractivity contribution is 5.94. The van der Waals surface area contributed by atoms with Crippen LogP contribution in [0.1, 0.15) is 38.9 Å². The maximum Gasteiger partial charge on any atom is 0.248 e. The van der Waals surface area contributed by atoms with Crippen molar-refractivity contribution in [2.75, 3.05) is 6.54 Å². The number of furan rings is 1. The Labute approximate surface area is 124 Å². The molecule has 1 saturated heterocycles. The first-order valence-corrected chi connectivity index (χ1v) is 7.65. The topological polar surface area (TPSA) is 62.6 Å². The fourth-order valence-corrected chi connectivity index (χ4v) is 3.22. The van der Waals surface area contributed by atoms with Crippen LogP contribution in [0.5, 0.6) is 0 Å². The molecule has 21 heavy (non-hydrogen) atoms. The average molecular weight is 290 g/mol. The van der Waals surface area contributed by atoms with Gasteiger partial charge in [0.15, 0.2) is 0 Å². The minimum atomic E-state index is -0.731. The van der Waals surface area contributed by atoms with E-state index in [1.165, 1.54) is 0 Å². The van der Waals surface area contributed by atoms with Crippen molar-refractivity contribution in [1.82, 2.24) is 10.2 Å². The van der Waals surface area contributed by atoms with E-state index in [4.69, 9.17) is 4.42 Å². The van der Waals surface area contributed by atoms with E-state index in [1.54, 1.807) is 6.26 Å². The zero-order chi connectivity index (χ0) is 15.0. The molecular formula is C16H22N2O3. The van der Waals surface area contributed by atoms with Crippen molar-refractivity contribution < 1.29 is 14.0 Å². The second kappa shape index (κ2) is 5.20. The van der Waals surface area contributed by atoms with E-state index in [-0.39, 0.29) is 23.8 Å². The molecule has 1 aliphatic heterocycles. The highest BCUT2D eigenvalue weighted by Crippen LogP contribution is 2.41. The summed E-state index contributed by atoms with van der Waals surface area (Å²) in [7, 11) is 0. The predicted molar refractivity (Wildman–Crippen MR) is 77.5 cm³/mol. The molecule has 1 aliphatic carbocycles. The van der Waals surface area contributed by atoms with Gasteiger partial charge in [-0.25, -0.2) is 0 Å². The number of carbonyl (C=O) groups excluding carboxylic acids is 2. The van der Waals surface area contributed by atoms with E-state index < -0.39 is 5.54 Å². The van der Waals surface area contributed by atoms with Gasteiger partial charge in [0.25, 0.3) is 0 Å². The average Bonchev–Trinajstić information content (AvgIpc) is 3.19. The zero-order valence-corrected chi connectivity index (χ0v) is 12.6. The van der Waals surface area contributed by atoms with Gasteiger partial charge in [-0.2, -0.15) is 0 Å². The van der Waals surface area contributed by atoms with E-state index in [9.17, 15) is 9.59 Å². The Kier molecular flexibility index (Phi) is 3.51. The van der Waals surface area contributed by atoms with Gasteiger partial charge < -0.3 is 14.6 Å². The van der Waals surface area contributed by atoms with Crippen LogP contribution in [0.25, 0.3) is 0 Å². The maximum atomic E-state index is 12.9. The predicted octanol–water partition coefficient (Wildman–Crippen LogP) is 1.73. The number of rotatable bonds is 4. The van der Waals surface area contributed by atoms with Gasteiger partial charge in [0.1, 0.15) is 11.3 Å². The first-order chi connectivity index (χ1) is 10.0. The molecule has 2 aliphatic rings. The van der Waals surface area contributed by atoms with Gasteiger partial charge in [-0.1, -0.05) is 0 Å². The SMILES string of the molecule is CC(Cc1ccco1)N1CCC(=O)NC(C)(C2CC2)C1=O. The summed E-state index contributed by atoms with van der Waals surface area (Å²) in [5.41, 5.74) is -0.731. The van der Waals surface area contributed by atoms with E-state index >= 15 is 0 Å². The van der Waals surface area contributed by atoms with Gasteiger partial charge in [-0.3, -0.25) is 9.59 Å². The number of carbonyl (C=O) groups is 2. The molecule has 2 amide bonds. The molecule has 5 heteroatoms. The summed E-state index contributed by atoms with van der Waals surface area (Å²) in [6, 6.07) is 3.79. The lowest BCUT2D eigenvalue weighted by molar-refractivity contribution is -0.140. The molecule has 0 radical (unpaired) electrons. The molecule has 3 rings (SSSR count). The van der Waals surface area contributed by atoms with Crippen molar-refractivity contribution in [3.63, 3.8) is 0 Å². The lowest BCUT2D eigenvalue weighted by atomic mass is 9.93. The summed E-state index contributed by atoms with van der Waals surface area (Å²) in [6.07, 6.45) is 4.72. The highest BCUT2D eigenvalue weighted by Gasteiger charge is 2.51. The van der Waals surface area contributed by atoms with E-state index in [2.05, 4.69) is 5.32 Å². The summed E-state index contributed by atoms with van der Waals surface area (Å²) in [4.78, 5) is 26.7. The van der Waals surface area contributed by atoms with Crippen LogP contribution < -0.4 is 5.32 Å². The Morgan fingerprint density at radius 3 is 2.86 bits per heavy atom. The van der Waals surface area contributed by atoms with E-state index in [0.29, 0.717) is 19.4 Å². The Morgan fingerprint density at radius 1 is 1.48 bits per heavy atom. The number of nitrogens with zero attached hydrogens (tertiary/aromatic N) is 1. The summed E-state index contributed by atoms with van der Waals surface area (Å²) in [5, 5.41) is 2.96. The lowest BCUT2D eigenvalue weighted by Gasteiger charge is -2.35. The first-order valence-electron chi connectivity index (χ1n) is 7.65. The first kappa shape index (κ1) is 14.2. The second-order valence-corrected chi connectivity index (χ2v) is 6.41. The van der Waals surface area contributed by atoms with Crippen LogP contribution in [0.3, 0.4) is 0 Å². The fraction of sp³-hybridized carbons (Fsp3) is 0.625. The third-order valence-corrected chi connectivity index (χ3v) is 4.69. The van der Waals surface area contributed by atoms with Crippen LogP contribution in [0, 0.1) is 5.92 Å². The minimum absolute atomic E-state index is 0.0226. The number of hydrogen-bond donors (Lipinski definition) is 1. The molecule has 5 nitrogen and oxygen atoms in total. The third kappa shape index (κ3) is 2.69. The van der Waals surface area contributed by atoms with E-state index in [0.717, 1.165) is 18.6 Å². The third-order valence-electron chi connectivity index (χ3n) is 4.69. The monoisotopic (exact) mass is 290 g/mol. The van der Waals surface area contributed by atoms with Crippen LogP contribution in [0.15, 0.2) is 22.8 Å². The molecule has 0 spiro atoms. The molecule has 1 aromatic heterocycles. The molecule has 1 aromatic rings. The molecule has 2 fully saturated rings. The Balaban J connectivity index is 1.79. The quantitative estimate of drug-likeness (QED) is 0.918. The van der Waals surface area contributed by atoms with Crippen molar-refractivity contribution in [3.05, 3.63) is 24.2 Å². The molecule has 1 saturated carbocycles. The van der Waals surface area contributed by atoms with Crippen LogP contribution in [-0.4, -0.2) is 34.8 Å². The van der Waals surface area contributed by atoms with Gasteiger partial charge in [-0.05, 0) is 44.7 Å².